The van der Waals surface area contributed by atoms with Gasteiger partial charge in [-0.2, -0.15) is 0 Å². The molecule has 0 spiro atoms. The standard InChI is InChI=1S/C24H18ClFN2O2/c1-14-6-11-20(15(2)12-14)21-22(27-18-9-7-17(26)8-10-18)24(30)28(23(21)29)19-5-3-4-16(25)13-19/h3-13,27H,1-2H3. The zero-order valence-electron chi connectivity index (χ0n) is 16.4. The van der Waals surface area contributed by atoms with E-state index in [4.69, 9.17) is 11.6 Å². The van der Waals surface area contributed by atoms with Crippen molar-refractivity contribution in [1.29, 1.82) is 0 Å². The molecule has 3 aromatic carbocycles. The quantitative estimate of drug-likeness (QED) is 0.567. The molecular formula is C24H18ClFN2O2. The Balaban J connectivity index is 1.86. The number of hydrogen-bond acceptors (Lipinski definition) is 3. The van der Waals surface area contributed by atoms with E-state index in [0.717, 1.165) is 16.0 Å². The molecule has 0 saturated carbocycles. The molecule has 4 rings (SSSR count). The lowest BCUT2D eigenvalue weighted by molar-refractivity contribution is -0.120. The highest BCUT2D eigenvalue weighted by atomic mass is 35.5. The van der Waals surface area contributed by atoms with Crippen LogP contribution in [0.5, 0.6) is 0 Å². The van der Waals surface area contributed by atoms with Crippen LogP contribution in [0.4, 0.5) is 15.8 Å². The lowest BCUT2D eigenvalue weighted by Gasteiger charge is -2.16. The van der Waals surface area contributed by atoms with E-state index in [1.54, 1.807) is 24.3 Å². The van der Waals surface area contributed by atoms with Crippen LogP contribution in [0.1, 0.15) is 16.7 Å². The van der Waals surface area contributed by atoms with Gasteiger partial charge in [0.15, 0.2) is 0 Å². The summed E-state index contributed by atoms with van der Waals surface area (Å²) in [6.07, 6.45) is 0. The first-order valence-electron chi connectivity index (χ1n) is 9.34. The lowest BCUT2D eigenvalue weighted by atomic mass is 9.97. The molecular weight excluding hydrogens is 403 g/mol. The van der Waals surface area contributed by atoms with Crippen LogP contribution in [0.15, 0.2) is 72.4 Å². The van der Waals surface area contributed by atoms with Crippen molar-refractivity contribution < 1.29 is 14.0 Å². The number of hydrogen-bond donors (Lipinski definition) is 1. The van der Waals surface area contributed by atoms with Crippen molar-refractivity contribution in [3.05, 3.63) is 100.0 Å². The molecule has 1 heterocycles. The summed E-state index contributed by atoms with van der Waals surface area (Å²) in [6, 6.07) is 17.9. The average molecular weight is 421 g/mol. The zero-order valence-corrected chi connectivity index (χ0v) is 17.1. The van der Waals surface area contributed by atoms with Crippen molar-refractivity contribution in [2.24, 2.45) is 0 Å². The number of halogens is 2. The largest absolute Gasteiger partial charge is 0.350 e. The first kappa shape index (κ1) is 19.9. The van der Waals surface area contributed by atoms with Crippen LogP contribution in [0.3, 0.4) is 0 Å². The third-order valence-corrected chi connectivity index (χ3v) is 5.15. The zero-order chi connectivity index (χ0) is 21.4. The molecule has 0 aromatic heterocycles. The molecule has 0 atom stereocenters. The number of anilines is 2. The van der Waals surface area contributed by atoms with Gasteiger partial charge in [-0.15, -0.1) is 0 Å². The summed E-state index contributed by atoms with van der Waals surface area (Å²) in [5, 5.41) is 3.44. The second-order valence-electron chi connectivity index (χ2n) is 7.13. The first-order chi connectivity index (χ1) is 14.3. The lowest BCUT2D eigenvalue weighted by Crippen LogP contribution is -2.32. The van der Waals surface area contributed by atoms with Crippen molar-refractivity contribution in [3.63, 3.8) is 0 Å². The van der Waals surface area contributed by atoms with E-state index in [1.807, 2.05) is 32.0 Å². The fraction of sp³-hybridized carbons (Fsp3) is 0.0833. The highest BCUT2D eigenvalue weighted by Crippen LogP contribution is 2.35. The predicted molar refractivity (Wildman–Crippen MR) is 117 cm³/mol. The van der Waals surface area contributed by atoms with Crippen LogP contribution in [-0.4, -0.2) is 11.8 Å². The van der Waals surface area contributed by atoms with Gasteiger partial charge in [-0.25, -0.2) is 9.29 Å². The van der Waals surface area contributed by atoms with Crippen LogP contribution < -0.4 is 10.2 Å². The molecule has 3 aromatic rings. The molecule has 1 aliphatic heterocycles. The van der Waals surface area contributed by atoms with Gasteiger partial charge in [0, 0.05) is 10.7 Å². The van der Waals surface area contributed by atoms with Crippen molar-refractivity contribution in [1.82, 2.24) is 0 Å². The van der Waals surface area contributed by atoms with E-state index in [0.29, 0.717) is 22.0 Å². The number of carbonyl (C=O) groups is 2. The number of imide groups is 1. The van der Waals surface area contributed by atoms with Gasteiger partial charge in [0.1, 0.15) is 11.5 Å². The Bertz CT molecular complexity index is 1200. The summed E-state index contributed by atoms with van der Waals surface area (Å²) < 4.78 is 13.3. The van der Waals surface area contributed by atoms with Crippen molar-refractivity contribution >= 4 is 40.4 Å². The molecule has 150 valence electrons. The number of nitrogens with one attached hydrogen (secondary N) is 1. The molecule has 0 fully saturated rings. The maximum Gasteiger partial charge on any atom is 0.282 e. The fourth-order valence-corrected chi connectivity index (χ4v) is 3.70. The third-order valence-electron chi connectivity index (χ3n) is 4.92. The van der Waals surface area contributed by atoms with Crippen molar-refractivity contribution in [2.75, 3.05) is 10.2 Å². The molecule has 30 heavy (non-hydrogen) atoms. The van der Waals surface area contributed by atoms with Crippen LogP contribution >= 0.6 is 11.6 Å². The minimum Gasteiger partial charge on any atom is -0.350 e. The van der Waals surface area contributed by atoms with Gasteiger partial charge in [0.05, 0.1) is 11.3 Å². The highest BCUT2D eigenvalue weighted by molar-refractivity contribution is 6.46. The molecule has 4 nitrogen and oxygen atoms in total. The molecule has 1 N–H and O–H groups in total. The van der Waals surface area contributed by atoms with Crippen LogP contribution in [0.2, 0.25) is 5.02 Å². The van der Waals surface area contributed by atoms with Crippen LogP contribution in [0.25, 0.3) is 5.57 Å². The Morgan fingerprint density at radius 1 is 0.900 bits per heavy atom. The smallest absolute Gasteiger partial charge is 0.282 e. The van der Waals surface area contributed by atoms with Gasteiger partial charge in [-0.1, -0.05) is 41.4 Å². The fourth-order valence-electron chi connectivity index (χ4n) is 3.52. The van der Waals surface area contributed by atoms with Gasteiger partial charge in [0.25, 0.3) is 11.8 Å². The van der Waals surface area contributed by atoms with E-state index in [9.17, 15) is 14.0 Å². The minimum atomic E-state index is -0.499. The summed E-state index contributed by atoms with van der Waals surface area (Å²) >= 11 is 6.08. The summed E-state index contributed by atoms with van der Waals surface area (Å²) in [7, 11) is 0. The normalized spacial score (nSPS) is 13.9. The maximum absolute atomic E-state index is 13.4. The number of benzene rings is 3. The number of nitrogens with zero attached hydrogens (tertiary/aromatic N) is 1. The molecule has 2 amide bonds. The van der Waals surface area contributed by atoms with Crippen LogP contribution in [-0.2, 0) is 9.59 Å². The third kappa shape index (κ3) is 3.60. The molecule has 0 aliphatic carbocycles. The molecule has 0 unspecified atom stereocenters. The van der Waals surface area contributed by atoms with Gasteiger partial charge in [0.2, 0.25) is 0 Å². The molecule has 6 heteroatoms. The Labute approximate surface area is 178 Å². The second kappa shape index (κ2) is 7.76. The average Bonchev–Trinajstić information content (AvgIpc) is 2.94. The van der Waals surface area contributed by atoms with E-state index in [1.165, 1.54) is 24.3 Å². The number of carbonyl (C=O) groups excluding carboxylic acids is 2. The topological polar surface area (TPSA) is 49.4 Å². The predicted octanol–water partition coefficient (Wildman–Crippen LogP) is 5.49. The molecule has 0 saturated heterocycles. The van der Waals surface area contributed by atoms with E-state index in [2.05, 4.69) is 5.32 Å². The van der Waals surface area contributed by atoms with Gasteiger partial charge < -0.3 is 5.32 Å². The molecule has 0 bridgehead atoms. The number of rotatable bonds is 4. The second-order valence-corrected chi connectivity index (χ2v) is 7.56. The summed E-state index contributed by atoms with van der Waals surface area (Å²) in [5.74, 6) is -1.33. The Kier molecular flexibility index (Phi) is 5.14. The summed E-state index contributed by atoms with van der Waals surface area (Å²) in [5.41, 5.74) is 3.87. The summed E-state index contributed by atoms with van der Waals surface area (Å²) in [6.45, 7) is 3.85. The maximum atomic E-state index is 13.4. The van der Waals surface area contributed by atoms with Gasteiger partial charge >= 0.3 is 0 Å². The molecule has 0 radical (unpaired) electrons. The molecule has 1 aliphatic rings. The van der Waals surface area contributed by atoms with Gasteiger partial charge in [-0.05, 0) is 67.4 Å². The van der Waals surface area contributed by atoms with E-state index < -0.39 is 17.6 Å². The first-order valence-corrected chi connectivity index (χ1v) is 9.72. The Morgan fingerprint density at radius 2 is 1.63 bits per heavy atom. The number of aryl methyl sites for hydroxylation is 2. The highest BCUT2D eigenvalue weighted by Gasteiger charge is 2.40. The van der Waals surface area contributed by atoms with Crippen molar-refractivity contribution in [3.8, 4) is 0 Å². The summed E-state index contributed by atoms with van der Waals surface area (Å²) in [4.78, 5) is 27.9. The number of amides is 2. The monoisotopic (exact) mass is 420 g/mol. The minimum absolute atomic E-state index is 0.138. The Hall–Kier alpha value is -3.44. The Morgan fingerprint density at radius 3 is 2.30 bits per heavy atom. The van der Waals surface area contributed by atoms with Crippen LogP contribution in [0, 0.1) is 19.7 Å². The van der Waals surface area contributed by atoms with Crippen molar-refractivity contribution in [2.45, 2.75) is 13.8 Å². The SMILES string of the molecule is Cc1ccc(C2=C(Nc3ccc(F)cc3)C(=O)N(c3cccc(Cl)c3)C2=O)c(C)c1. The van der Waals surface area contributed by atoms with Gasteiger partial charge in [-0.3, -0.25) is 9.59 Å². The van der Waals surface area contributed by atoms with E-state index >= 15 is 0 Å². The van der Waals surface area contributed by atoms with E-state index in [-0.39, 0.29) is 11.3 Å².